The Morgan fingerprint density at radius 2 is 1.86 bits per heavy atom. The van der Waals surface area contributed by atoms with E-state index in [1.165, 1.54) is 6.21 Å². The smallest absolute Gasteiger partial charge is 0.339 e. The number of hydrazone groups is 1. The summed E-state index contributed by atoms with van der Waals surface area (Å²) < 4.78 is 5.19. The van der Waals surface area contributed by atoms with E-state index in [-0.39, 0.29) is 0 Å². The highest BCUT2D eigenvalue weighted by molar-refractivity contribution is 5.91. The van der Waals surface area contributed by atoms with Crippen LogP contribution in [0.2, 0.25) is 0 Å². The van der Waals surface area contributed by atoms with Crippen LogP contribution in [-0.4, -0.2) is 19.4 Å². The van der Waals surface area contributed by atoms with Crippen molar-refractivity contribution in [1.82, 2.24) is 5.43 Å². The molecule has 0 radical (unpaired) electrons. The molecule has 0 atom stereocenters. The summed E-state index contributed by atoms with van der Waals surface area (Å²) in [7, 11) is 1.59. The van der Waals surface area contributed by atoms with Crippen molar-refractivity contribution in [2.24, 2.45) is 5.10 Å². The van der Waals surface area contributed by atoms with Crippen LogP contribution in [0.5, 0.6) is 5.75 Å². The van der Waals surface area contributed by atoms with E-state index in [4.69, 9.17) is 4.74 Å². The number of hydrogen-bond donors (Lipinski definition) is 2. The number of nitrogens with one attached hydrogen (secondary N) is 2. The maximum absolute atomic E-state index is 11.7. The average molecular weight is 283 g/mol. The van der Waals surface area contributed by atoms with Crippen LogP contribution in [0.4, 0.5) is 10.5 Å². The molecule has 21 heavy (non-hydrogen) atoms. The molecule has 0 bridgehead atoms. The number of nitrogens with zero attached hydrogens (tertiary/aromatic N) is 1. The van der Waals surface area contributed by atoms with Gasteiger partial charge in [-0.1, -0.05) is 30.3 Å². The summed E-state index contributed by atoms with van der Waals surface area (Å²) in [6.07, 6.45) is 1.54. The molecule has 2 aromatic carbocycles. The highest BCUT2D eigenvalue weighted by Gasteiger charge is 2.02. The zero-order valence-electron chi connectivity index (χ0n) is 12.0. The number of aryl methyl sites for hydroxylation is 1. The predicted molar refractivity (Wildman–Crippen MR) is 83.9 cm³/mol. The van der Waals surface area contributed by atoms with Crippen molar-refractivity contribution in [2.45, 2.75) is 6.92 Å². The third kappa shape index (κ3) is 4.07. The summed E-state index contributed by atoms with van der Waals surface area (Å²) in [4.78, 5) is 11.7. The third-order valence-corrected chi connectivity index (χ3v) is 2.90. The average Bonchev–Trinajstić information content (AvgIpc) is 2.50. The van der Waals surface area contributed by atoms with Crippen LogP contribution in [0.1, 0.15) is 11.1 Å². The maximum atomic E-state index is 11.7. The molecule has 0 saturated carbocycles. The number of methoxy groups -OCH3 is 1. The van der Waals surface area contributed by atoms with Gasteiger partial charge >= 0.3 is 6.03 Å². The normalized spacial score (nSPS) is 10.4. The molecule has 0 heterocycles. The van der Waals surface area contributed by atoms with Crippen LogP contribution < -0.4 is 15.5 Å². The van der Waals surface area contributed by atoms with Gasteiger partial charge in [0.05, 0.1) is 13.3 Å². The molecule has 0 aliphatic carbocycles. The lowest BCUT2D eigenvalue weighted by atomic mass is 10.2. The van der Waals surface area contributed by atoms with Gasteiger partial charge in [0.25, 0.3) is 0 Å². The van der Waals surface area contributed by atoms with E-state index >= 15 is 0 Å². The number of para-hydroxylation sites is 2. The molecule has 0 aliphatic rings. The predicted octanol–water partition coefficient (Wildman–Crippen LogP) is 3.16. The Bertz CT molecular complexity index is 653. The van der Waals surface area contributed by atoms with E-state index in [2.05, 4.69) is 15.8 Å². The van der Waals surface area contributed by atoms with Crippen LogP contribution in [0.25, 0.3) is 0 Å². The van der Waals surface area contributed by atoms with Crippen molar-refractivity contribution >= 4 is 17.9 Å². The lowest BCUT2D eigenvalue weighted by Gasteiger charge is -2.07. The quantitative estimate of drug-likeness (QED) is 0.668. The van der Waals surface area contributed by atoms with Crippen molar-refractivity contribution in [3.63, 3.8) is 0 Å². The van der Waals surface area contributed by atoms with Crippen molar-refractivity contribution in [1.29, 1.82) is 0 Å². The Kier molecular flexibility index (Phi) is 4.93. The van der Waals surface area contributed by atoms with Gasteiger partial charge in [-0.2, -0.15) is 5.10 Å². The fraction of sp³-hybridized carbons (Fsp3) is 0.125. The number of urea groups is 1. The minimum Gasteiger partial charge on any atom is -0.496 e. The molecule has 0 spiro atoms. The van der Waals surface area contributed by atoms with Gasteiger partial charge in [0.15, 0.2) is 0 Å². The maximum Gasteiger partial charge on any atom is 0.339 e. The number of rotatable bonds is 4. The second-order valence-corrected chi connectivity index (χ2v) is 4.38. The molecule has 5 nitrogen and oxygen atoms in total. The molecule has 5 heteroatoms. The first-order valence-corrected chi connectivity index (χ1v) is 6.49. The molecule has 2 amide bonds. The first-order valence-electron chi connectivity index (χ1n) is 6.49. The second-order valence-electron chi connectivity index (χ2n) is 4.38. The first kappa shape index (κ1) is 14.6. The van der Waals surface area contributed by atoms with Crippen molar-refractivity contribution in [3.8, 4) is 5.75 Å². The second kappa shape index (κ2) is 7.09. The summed E-state index contributed by atoms with van der Waals surface area (Å²) in [5.74, 6) is 0.697. The fourth-order valence-electron chi connectivity index (χ4n) is 1.80. The molecule has 2 N–H and O–H groups in total. The highest BCUT2D eigenvalue weighted by atomic mass is 16.5. The largest absolute Gasteiger partial charge is 0.496 e. The fourth-order valence-corrected chi connectivity index (χ4v) is 1.80. The third-order valence-electron chi connectivity index (χ3n) is 2.90. The summed E-state index contributed by atoms with van der Waals surface area (Å²) in [6.45, 7) is 1.92. The molecule has 0 aromatic heterocycles. The van der Waals surface area contributed by atoms with Gasteiger partial charge in [0, 0.05) is 11.3 Å². The Morgan fingerprint density at radius 1 is 1.14 bits per heavy atom. The molecule has 2 rings (SSSR count). The Balaban J connectivity index is 1.95. The lowest BCUT2D eigenvalue weighted by molar-refractivity contribution is 0.252. The van der Waals surface area contributed by atoms with E-state index < -0.39 is 6.03 Å². The molecular formula is C16H17N3O2. The zero-order chi connectivity index (χ0) is 15.1. The monoisotopic (exact) mass is 283 g/mol. The Labute approximate surface area is 123 Å². The first-order chi connectivity index (χ1) is 10.2. The summed E-state index contributed by atoms with van der Waals surface area (Å²) >= 11 is 0. The van der Waals surface area contributed by atoms with Gasteiger partial charge in [-0.05, 0) is 30.7 Å². The lowest BCUT2D eigenvalue weighted by Crippen LogP contribution is -2.24. The van der Waals surface area contributed by atoms with Crippen LogP contribution in [0, 0.1) is 6.92 Å². The number of hydrogen-bond acceptors (Lipinski definition) is 3. The topological polar surface area (TPSA) is 62.7 Å². The molecular weight excluding hydrogens is 266 g/mol. The van der Waals surface area contributed by atoms with Crippen molar-refractivity contribution in [2.75, 3.05) is 12.4 Å². The van der Waals surface area contributed by atoms with Gasteiger partial charge in [-0.25, -0.2) is 10.2 Å². The van der Waals surface area contributed by atoms with Gasteiger partial charge in [0.1, 0.15) is 5.75 Å². The van der Waals surface area contributed by atoms with Crippen molar-refractivity contribution < 1.29 is 9.53 Å². The summed E-state index contributed by atoms with van der Waals surface area (Å²) in [5, 5.41) is 6.64. The standard InChI is InChI=1S/C16H17N3O2/c1-12-7-3-5-9-14(12)18-16(20)19-17-11-13-8-4-6-10-15(13)21-2/h3-11H,1-2H3,(H2,18,19,20). The molecule has 2 aromatic rings. The van der Waals surface area contributed by atoms with Crippen LogP contribution in [0.15, 0.2) is 53.6 Å². The molecule has 0 unspecified atom stereocenters. The van der Waals surface area contributed by atoms with Crippen molar-refractivity contribution in [3.05, 3.63) is 59.7 Å². The van der Waals surface area contributed by atoms with Crippen LogP contribution in [-0.2, 0) is 0 Å². The van der Waals surface area contributed by atoms with Gasteiger partial charge in [-0.3, -0.25) is 0 Å². The number of carbonyl (C=O) groups is 1. The SMILES string of the molecule is COc1ccccc1C=NNC(=O)Nc1ccccc1C. The van der Waals surface area contributed by atoms with E-state index in [1.54, 1.807) is 7.11 Å². The number of ether oxygens (including phenoxy) is 1. The number of carbonyl (C=O) groups excluding carboxylic acids is 1. The molecule has 0 fully saturated rings. The van der Waals surface area contributed by atoms with E-state index in [9.17, 15) is 4.79 Å². The zero-order valence-corrected chi connectivity index (χ0v) is 12.0. The number of anilines is 1. The molecule has 0 aliphatic heterocycles. The summed E-state index contributed by atoms with van der Waals surface area (Å²) in [5.41, 5.74) is 4.95. The van der Waals surface area contributed by atoms with Crippen LogP contribution in [0.3, 0.4) is 0 Å². The van der Waals surface area contributed by atoms with E-state index in [1.807, 2.05) is 55.5 Å². The van der Waals surface area contributed by atoms with E-state index in [0.717, 1.165) is 16.8 Å². The summed E-state index contributed by atoms with van der Waals surface area (Å²) in [6, 6.07) is 14.6. The van der Waals surface area contributed by atoms with E-state index in [0.29, 0.717) is 5.75 Å². The number of amides is 2. The Morgan fingerprint density at radius 3 is 2.62 bits per heavy atom. The minimum absolute atomic E-state index is 0.393. The van der Waals surface area contributed by atoms with Crippen LogP contribution >= 0.6 is 0 Å². The van der Waals surface area contributed by atoms with Gasteiger partial charge in [0.2, 0.25) is 0 Å². The molecule has 0 saturated heterocycles. The molecule has 108 valence electrons. The van der Waals surface area contributed by atoms with Gasteiger partial charge in [-0.15, -0.1) is 0 Å². The van der Waals surface area contributed by atoms with Gasteiger partial charge < -0.3 is 10.1 Å². The highest BCUT2D eigenvalue weighted by Crippen LogP contribution is 2.14. The number of benzene rings is 2. The Hall–Kier alpha value is -2.82. The minimum atomic E-state index is -0.393.